The lowest BCUT2D eigenvalue weighted by molar-refractivity contribution is 0.174. The van der Waals surface area contributed by atoms with Crippen molar-refractivity contribution in [3.8, 4) is 22.8 Å². The molecule has 0 fully saturated rings. The summed E-state index contributed by atoms with van der Waals surface area (Å²) in [7, 11) is 0. The number of aromatic nitrogens is 1. The average molecular weight is 237 g/mol. The molecule has 0 atom stereocenters. The molecular formula is C15H11NO2. The normalized spacial score (nSPS) is 13.1. The maximum atomic E-state index is 5.54. The van der Waals surface area contributed by atoms with Crippen LogP contribution in [0.2, 0.25) is 0 Å². The summed E-state index contributed by atoms with van der Waals surface area (Å²) >= 11 is 0. The Hall–Kier alpha value is -2.42. The molecule has 18 heavy (non-hydrogen) atoms. The van der Waals surface area contributed by atoms with E-state index >= 15 is 0 Å². The van der Waals surface area contributed by atoms with Gasteiger partial charge in [-0.2, -0.15) is 0 Å². The summed E-state index contributed by atoms with van der Waals surface area (Å²) in [6.07, 6.45) is 0. The molecular weight excluding hydrogens is 226 g/mol. The highest BCUT2D eigenvalue weighted by Crippen LogP contribution is 2.41. The lowest BCUT2D eigenvalue weighted by atomic mass is 10.1. The van der Waals surface area contributed by atoms with E-state index in [2.05, 4.69) is 23.2 Å². The SMILES string of the molecule is c1cc2c(c(-c3cc4ccccc4[nH]3)c1)OCO2. The van der Waals surface area contributed by atoms with Crippen LogP contribution in [0.5, 0.6) is 11.5 Å². The summed E-state index contributed by atoms with van der Waals surface area (Å²) in [5.41, 5.74) is 3.23. The van der Waals surface area contributed by atoms with Crippen molar-refractivity contribution < 1.29 is 9.47 Å². The van der Waals surface area contributed by atoms with E-state index in [1.54, 1.807) is 0 Å². The molecule has 0 radical (unpaired) electrons. The predicted octanol–water partition coefficient (Wildman–Crippen LogP) is 3.56. The van der Waals surface area contributed by atoms with Crippen LogP contribution in [0, 0.1) is 0 Å². The number of hydrogen-bond acceptors (Lipinski definition) is 2. The van der Waals surface area contributed by atoms with E-state index in [9.17, 15) is 0 Å². The Balaban J connectivity index is 1.95. The highest BCUT2D eigenvalue weighted by Gasteiger charge is 2.19. The maximum absolute atomic E-state index is 5.54. The van der Waals surface area contributed by atoms with Gasteiger partial charge < -0.3 is 14.5 Å². The average Bonchev–Trinajstić information content (AvgIpc) is 3.04. The Kier molecular flexibility index (Phi) is 1.88. The fourth-order valence-corrected chi connectivity index (χ4v) is 2.36. The van der Waals surface area contributed by atoms with Crippen molar-refractivity contribution in [2.75, 3.05) is 6.79 Å². The third-order valence-corrected chi connectivity index (χ3v) is 3.22. The van der Waals surface area contributed by atoms with Gasteiger partial charge in [0.25, 0.3) is 0 Å². The third kappa shape index (κ3) is 1.31. The standard InChI is InChI=1S/C15H11NO2/c1-2-6-12-10(4-1)8-13(16-12)11-5-3-7-14-15(11)18-9-17-14/h1-8,16H,9H2. The molecule has 0 spiro atoms. The van der Waals surface area contributed by atoms with Gasteiger partial charge in [-0.15, -0.1) is 0 Å². The summed E-state index contributed by atoms with van der Waals surface area (Å²) in [5, 5.41) is 1.20. The topological polar surface area (TPSA) is 34.2 Å². The van der Waals surface area contributed by atoms with Gasteiger partial charge >= 0.3 is 0 Å². The molecule has 0 aliphatic carbocycles. The molecule has 3 aromatic rings. The molecule has 0 amide bonds. The van der Waals surface area contributed by atoms with Gasteiger partial charge in [0.2, 0.25) is 6.79 Å². The molecule has 3 heteroatoms. The number of hydrogen-bond donors (Lipinski definition) is 1. The molecule has 0 saturated heterocycles. The number of ether oxygens (including phenoxy) is 2. The van der Waals surface area contributed by atoms with Crippen LogP contribution >= 0.6 is 0 Å². The molecule has 0 bridgehead atoms. The zero-order chi connectivity index (χ0) is 11.9. The number of aromatic amines is 1. The highest BCUT2D eigenvalue weighted by molar-refractivity contribution is 5.87. The monoisotopic (exact) mass is 237 g/mol. The van der Waals surface area contributed by atoms with Crippen LogP contribution in [0.4, 0.5) is 0 Å². The van der Waals surface area contributed by atoms with Crippen molar-refractivity contribution in [1.29, 1.82) is 0 Å². The van der Waals surface area contributed by atoms with Crippen molar-refractivity contribution in [3.05, 3.63) is 48.5 Å². The highest BCUT2D eigenvalue weighted by atomic mass is 16.7. The number of fused-ring (bicyclic) bond motifs is 2. The Morgan fingerprint density at radius 3 is 2.83 bits per heavy atom. The molecule has 4 rings (SSSR count). The molecule has 1 aromatic heterocycles. The maximum Gasteiger partial charge on any atom is 0.231 e. The van der Waals surface area contributed by atoms with Crippen LogP contribution < -0.4 is 9.47 Å². The largest absolute Gasteiger partial charge is 0.454 e. The lowest BCUT2D eigenvalue weighted by Crippen LogP contribution is -1.93. The van der Waals surface area contributed by atoms with Gasteiger partial charge in [-0.1, -0.05) is 24.3 Å². The second-order valence-electron chi connectivity index (χ2n) is 4.31. The first-order chi connectivity index (χ1) is 8.92. The first-order valence-corrected chi connectivity index (χ1v) is 5.88. The van der Waals surface area contributed by atoms with Crippen LogP contribution in [-0.4, -0.2) is 11.8 Å². The van der Waals surface area contributed by atoms with Crippen LogP contribution in [0.1, 0.15) is 0 Å². The first kappa shape index (κ1) is 9.59. The van der Waals surface area contributed by atoms with Gasteiger partial charge in [0, 0.05) is 16.5 Å². The Bertz CT molecular complexity index is 697. The Morgan fingerprint density at radius 1 is 0.944 bits per heavy atom. The summed E-state index contributed by atoms with van der Waals surface area (Å²) < 4.78 is 10.9. The molecule has 1 aliphatic rings. The van der Waals surface area contributed by atoms with E-state index < -0.39 is 0 Å². The van der Waals surface area contributed by atoms with E-state index in [0.717, 1.165) is 28.3 Å². The number of nitrogens with one attached hydrogen (secondary N) is 1. The quantitative estimate of drug-likeness (QED) is 0.702. The zero-order valence-electron chi connectivity index (χ0n) is 9.64. The van der Waals surface area contributed by atoms with E-state index in [0.29, 0.717) is 6.79 Å². The van der Waals surface area contributed by atoms with Crippen LogP contribution in [0.15, 0.2) is 48.5 Å². The van der Waals surface area contributed by atoms with Crippen LogP contribution in [0.25, 0.3) is 22.2 Å². The predicted molar refractivity (Wildman–Crippen MR) is 69.9 cm³/mol. The molecule has 2 aromatic carbocycles. The zero-order valence-corrected chi connectivity index (χ0v) is 9.64. The lowest BCUT2D eigenvalue weighted by Gasteiger charge is -2.02. The number of benzene rings is 2. The smallest absolute Gasteiger partial charge is 0.231 e. The van der Waals surface area contributed by atoms with Crippen molar-refractivity contribution >= 4 is 10.9 Å². The van der Waals surface area contributed by atoms with E-state index in [-0.39, 0.29) is 0 Å². The molecule has 88 valence electrons. The summed E-state index contributed by atoms with van der Waals surface area (Å²) in [6, 6.07) is 16.3. The molecule has 0 unspecified atom stereocenters. The number of rotatable bonds is 1. The summed E-state index contributed by atoms with van der Waals surface area (Å²) in [5.74, 6) is 1.63. The minimum Gasteiger partial charge on any atom is -0.454 e. The molecule has 2 heterocycles. The van der Waals surface area contributed by atoms with Gasteiger partial charge in [0.15, 0.2) is 11.5 Å². The summed E-state index contributed by atoms with van der Waals surface area (Å²) in [4.78, 5) is 3.41. The Labute approximate surface area is 104 Å². The number of H-pyrrole nitrogens is 1. The molecule has 0 saturated carbocycles. The van der Waals surface area contributed by atoms with Gasteiger partial charge in [0.1, 0.15) is 0 Å². The van der Waals surface area contributed by atoms with Gasteiger partial charge in [-0.05, 0) is 24.3 Å². The second kappa shape index (κ2) is 3.53. The minimum atomic E-state index is 0.298. The fraction of sp³-hybridized carbons (Fsp3) is 0.0667. The summed E-state index contributed by atoms with van der Waals surface area (Å²) in [6.45, 7) is 0.298. The second-order valence-corrected chi connectivity index (χ2v) is 4.31. The van der Waals surface area contributed by atoms with Crippen molar-refractivity contribution in [2.45, 2.75) is 0 Å². The van der Waals surface area contributed by atoms with Crippen molar-refractivity contribution in [3.63, 3.8) is 0 Å². The van der Waals surface area contributed by atoms with Gasteiger partial charge in [0.05, 0.1) is 5.69 Å². The van der Waals surface area contributed by atoms with E-state index in [1.165, 1.54) is 5.39 Å². The third-order valence-electron chi connectivity index (χ3n) is 3.22. The van der Waals surface area contributed by atoms with Gasteiger partial charge in [-0.25, -0.2) is 0 Å². The first-order valence-electron chi connectivity index (χ1n) is 5.88. The minimum absolute atomic E-state index is 0.298. The van der Waals surface area contributed by atoms with Crippen LogP contribution in [-0.2, 0) is 0 Å². The molecule has 3 nitrogen and oxygen atoms in total. The van der Waals surface area contributed by atoms with E-state index in [4.69, 9.17) is 9.47 Å². The van der Waals surface area contributed by atoms with E-state index in [1.807, 2.05) is 30.3 Å². The van der Waals surface area contributed by atoms with Gasteiger partial charge in [-0.3, -0.25) is 0 Å². The van der Waals surface area contributed by atoms with Crippen molar-refractivity contribution in [1.82, 2.24) is 4.98 Å². The molecule has 1 aliphatic heterocycles. The van der Waals surface area contributed by atoms with Crippen LogP contribution in [0.3, 0.4) is 0 Å². The fourth-order valence-electron chi connectivity index (χ4n) is 2.36. The number of para-hydroxylation sites is 2. The Morgan fingerprint density at radius 2 is 1.89 bits per heavy atom. The van der Waals surface area contributed by atoms with Crippen molar-refractivity contribution in [2.24, 2.45) is 0 Å². The molecule has 1 N–H and O–H groups in total.